The summed E-state index contributed by atoms with van der Waals surface area (Å²) in [5.41, 5.74) is -0.858. The Morgan fingerprint density at radius 1 is 1.12 bits per heavy atom. The van der Waals surface area contributed by atoms with E-state index in [9.17, 15) is 22.8 Å². The number of halogens is 3. The Morgan fingerprint density at radius 3 is 2.17 bits per heavy atom. The molecule has 0 aliphatic heterocycles. The number of carbonyl (C=O) groups excluding carboxylic acids is 2. The monoisotopic (exact) mass is 344 g/mol. The first kappa shape index (κ1) is 20.2. The van der Waals surface area contributed by atoms with Gasteiger partial charge in [-0.15, -0.1) is 0 Å². The minimum atomic E-state index is -3.56. The lowest BCUT2D eigenvalue weighted by Crippen LogP contribution is -2.31. The van der Waals surface area contributed by atoms with Crippen molar-refractivity contribution in [1.29, 1.82) is 0 Å². The Hall–Kier alpha value is -1.85. The second-order valence-electron chi connectivity index (χ2n) is 6.97. The first-order valence-corrected chi connectivity index (χ1v) is 7.81. The van der Waals surface area contributed by atoms with Crippen LogP contribution in [0.15, 0.2) is 24.3 Å². The van der Waals surface area contributed by atoms with Gasteiger partial charge in [0.15, 0.2) is 0 Å². The molecule has 0 radical (unpaired) electrons. The van der Waals surface area contributed by atoms with E-state index in [-0.39, 0.29) is 18.4 Å². The zero-order valence-corrected chi connectivity index (χ0v) is 14.4. The first-order valence-electron chi connectivity index (χ1n) is 7.81. The van der Waals surface area contributed by atoms with Crippen molar-refractivity contribution in [3.63, 3.8) is 0 Å². The Balaban J connectivity index is 2.57. The summed E-state index contributed by atoms with van der Waals surface area (Å²) in [6.07, 6.45) is -0.466. The lowest BCUT2D eigenvalue weighted by atomic mass is 9.93. The average Bonchev–Trinajstić information content (AvgIpc) is 2.43. The van der Waals surface area contributed by atoms with Crippen molar-refractivity contribution in [2.45, 2.75) is 58.5 Å². The van der Waals surface area contributed by atoms with Crippen LogP contribution in [0.1, 0.15) is 57.3 Å². The lowest BCUT2D eigenvalue weighted by Gasteiger charge is -2.22. The molecule has 1 rings (SSSR count). The molecule has 0 aliphatic carbocycles. The summed E-state index contributed by atoms with van der Waals surface area (Å²) in [6.45, 7) is 6.73. The molecule has 0 saturated carbocycles. The molecule has 0 heterocycles. The molecular formula is C18H23F3O3. The van der Waals surface area contributed by atoms with Crippen molar-refractivity contribution in [2.24, 2.45) is 5.92 Å². The van der Waals surface area contributed by atoms with E-state index in [1.165, 1.54) is 0 Å². The maximum atomic E-state index is 14.1. The van der Waals surface area contributed by atoms with Gasteiger partial charge in [-0.1, -0.05) is 6.92 Å². The number of carbonyl (C=O) groups is 2. The third kappa shape index (κ3) is 6.72. The van der Waals surface area contributed by atoms with E-state index in [0.29, 0.717) is 0 Å². The average molecular weight is 344 g/mol. The van der Waals surface area contributed by atoms with Gasteiger partial charge >= 0.3 is 11.9 Å². The van der Waals surface area contributed by atoms with Crippen molar-refractivity contribution < 1.29 is 27.5 Å². The van der Waals surface area contributed by atoms with Crippen LogP contribution in [0.25, 0.3) is 0 Å². The van der Waals surface area contributed by atoms with Gasteiger partial charge in [0.05, 0.1) is 0 Å². The largest absolute Gasteiger partial charge is 0.460 e. The van der Waals surface area contributed by atoms with Crippen LogP contribution >= 0.6 is 0 Å². The van der Waals surface area contributed by atoms with Crippen LogP contribution < -0.4 is 0 Å². The summed E-state index contributed by atoms with van der Waals surface area (Å²) in [6, 6.07) is 4.01. The van der Waals surface area contributed by atoms with Crippen LogP contribution in [0, 0.1) is 11.7 Å². The number of alkyl halides is 2. The number of hydrogen-bond donors (Lipinski definition) is 0. The molecule has 24 heavy (non-hydrogen) atoms. The lowest BCUT2D eigenvalue weighted by molar-refractivity contribution is -0.155. The Bertz CT molecular complexity index is 574. The van der Waals surface area contributed by atoms with E-state index in [2.05, 4.69) is 0 Å². The molecule has 134 valence electrons. The van der Waals surface area contributed by atoms with Crippen LogP contribution in [-0.2, 0) is 9.53 Å². The third-order valence-corrected chi connectivity index (χ3v) is 3.30. The van der Waals surface area contributed by atoms with Gasteiger partial charge in [-0.05, 0) is 57.4 Å². The van der Waals surface area contributed by atoms with Crippen molar-refractivity contribution in [3.05, 3.63) is 35.6 Å². The first-order chi connectivity index (χ1) is 10.9. The molecule has 0 N–H and O–H groups in total. The number of hydrogen-bond acceptors (Lipinski definition) is 3. The summed E-state index contributed by atoms with van der Waals surface area (Å²) in [5, 5.41) is 0. The summed E-state index contributed by atoms with van der Waals surface area (Å²) in [5.74, 6) is -6.50. The molecule has 0 saturated heterocycles. The highest BCUT2D eigenvalue weighted by Gasteiger charge is 2.40. The summed E-state index contributed by atoms with van der Waals surface area (Å²) in [4.78, 5) is 23.5. The molecule has 6 heteroatoms. The van der Waals surface area contributed by atoms with E-state index < -0.39 is 41.4 Å². The molecule has 0 amide bonds. The smallest absolute Gasteiger partial charge is 0.310 e. The second-order valence-corrected chi connectivity index (χ2v) is 6.97. The zero-order chi connectivity index (χ0) is 18.5. The topological polar surface area (TPSA) is 43.4 Å². The van der Waals surface area contributed by atoms with Gasteiger partial charge in [0.25, 0.3) is 0 Å². The molecule has 1 atom stereocenters. The number of rotatable bonds is 7. The fourth-order valence-electron chi connectivity index (χ4n) is 2.20. The number of ketones is 1. The number of esters is 1. The maximum absolute atomic E-state index is 14.1. The van der Waals surface area contributed by atoms with E-state index >= 15 is 0 Å². The zero-order valence-electron chi connectivity index (χ0n) is 14.4. The molecule has 3 nitrogen and oxygen atoms in total. The minimum Gasteiger partial charge on any atom is -0.460 e. The van der Waals surface area contributed by atoms with Gasteiger partial charge in [0.2, 0.25) is 5.78 Å². The van der Waals surface area contributed by atoms with Gasteiger partial charge in [0.1, 0.15) is 11.4 Å². The molecule has 1 unspecified atom stereocenters. The number of ether oxygens (including phenoxy) is 1. The van der Waals surface area contributed by atoms with Gasteiger partial charge in [-0.2, -0.15) is 8.78 Å². The molecular weight excluding hydrogens is 321 g/mol. The SMILES string of the molecule is CC(CCC(=O)OC(C)(C)C)CC(F)(F)C(=O)c1ccc(F)cc1. The van der Waals surface area contributed by atoms with E-state index in [4.69, 9.17) is 4.74 Å². The maximum Gasteiger partial charge on any atom is 0.310 e. The highest BCUT2D eigenvalue weighted by molar-refractivity contribution is 6.01. The highest BCUT2D eigenvalue weighted by Crippen LogP contribution is 2.30. The number of benzene rings is 1. The van der Waals surface area contributed by atoms with Crippen LogP contribution in [0.4, 0.5) is 13.2 Å². The van der Waals surface area contributed by atoms with Gasteiger partial charge in [-0.25, -0.2) is 4.39 Å². The van der Waals surface area contributed by atoms with Crippen LogP contribution in [-0.4, -0.2) is 23.3 Å². The van der Waals surface area contributed by atoms with E-state index in [0.717, 1.165) is 24.3 Å². The molecule has 1 aromatic carbocycles. The van der Waals surface area contributed by atoms with Crippen molar-refractivity contribution in [3.8, 4) is 0 Å². The highest BCUT2D eigenvalue weighted by atomic mass is 19.3. The van der Waals surface area contributed by atoms with Crippen LogP contribution in [0.5, 0.6) is 0 Å². The molecule has 0 aliphatic rings. The standard InChI is InChI=1S/C18H23F3O3/c1-12(5-10-15(22)24-17(2,3)4)11-18(20,21)16(23)13-6-8-14(19)9-7-13/h6-9,12H,5,10-11H2,1-4H3. The molecule has 0 spiro atoms. The van der Waals surface area contributed by atoms with Gasteiger partial charge in [0, 0.05) is 18.4 Å². The Labute approximate surface area is 140 Å². The second kappa shape index (κ2) is 7.81. The summed E-state index contributed by atoms with van der Waals surface area (Å²) in [7, 11) is 0. The molecule has 0 fully saturated rings. The summed E-state index contributed by atoms with van der Waals surface area (Å²) >= 11 is 0. The predicted molar refractivity (Wildman–Crippen MR) is 84.5 cm³/mol. The summed E-state index contributed by atoms with van der Waals surface area (Å²) < 4.78 is 46.1. The fraction of sp³-hybridized carbons (Fsp3) is 0.556. The van der Waals surface area contributed by atoms with E-state index in [1.54, 1.807) is 27.7 Å². The Kier molecular flexibility index (Phi) is 6.58. The van der Waals surface area contributed by atoms with Gasteiger partial charge < -0.3 is 4.74 Å². The van der Waals surface area contributed by atoms with Crippen LogP contribution in [0.2, 0.25) is 0 Å². The molecule has 1 aromatic rings. The Morgan fingerprint density at radius 2 is 1.67 bits per heavy atom. The third-order valence-electron chi connectivity index (χ3n) is 3.30. The predicted octanol–water partition coefficient (Wildman–Crippen LogP) is 4.79. The number of Topliss-reactive ketones (excluding diaryl/α,β-unsaturated/α-hetero) is 1. The van der Waals surface area contributed by atoms with E-state index in [1.807, 2.05) is 0 Å². The molecule has 0 aromatic heterocycles. The van der Waals surface area contributed by atoms with Gasteiger partial charge in [-0.3, -0.25) is 9.59 Å². The normalized spacial score (nSPS) is 13.5. The quantitative estimate of drug-likeness (QED) is 0.527. The fourth-order valence-corrected chi connectivity index (χ4v) is 2.20. The van der Waals surface area contributed by atoms with Crippen molar-refractivity contribution >= 4 is 11.8 Å². The molecule has 0 bridgehead atoms. The van der Waals surface area contributed by atoms with Crippen molar-refractivity contribution in [1.82, 2.24) is 0 Å². The van der Waals surface area contributed by atoms with Crippen LogP contribution in [0.3, 0.4) is 0 Å². The minimum absolute atomic E-state index is 0.0132. The van der Waals surface area contributed by atoms with Crippen molar-refractivity contribution in [2.75, 3.05) is 0 Å².